The minimum Gasteiger partial charge on any atom is -0.489 e. The zero-order chi connectivity index (χ0) is 15.2. The maximum Gasteiger partial charge on any atom is 0.124 e. The molecule has 3 rings (SSSR count). The van der Waals surface area contributed by atoms with Gasteiger partial charge in [-0.05, 0) is 29.7 Å². The highest BCUT2D eigenvalue weighted by atomic mass is 16.5. The number of hydrogen-bond acceptors (Lipinski definition) is 3. The van der Waals surface area contributed by atoms with Crippen LogP contribution >= 0.6 is 0 Å². The zero-order valence-electron chi connectivity index (χ0n) is 12.9. The first-order chi connectivity index (χ1) is 10.9. The van der Waals surface area contributed by atoms with Gasteiger partial charge in [0.1, 0.15) is 12.4 Å². The van der Waals surface area contributed by atoms with E-state index in [1.165, 1.54) is 22.8 Å². The minimum absolute atomic E-state index is 0.354. The van der Waals surface area contributed by atoms with Crippen molar-refractivity contribution < 1.29 is 9.47 Å². The first-order valence-corrected chi connectivity index (χ1v) is 7.95. The summed E-state index contributed by atoms with van der Waals surface area (Å²) in [4.78, 5) is 0. The van der Waals surface area contributed by atoms with Gasteiger partial charge in [0, 0.05) is 25.3 Å². The molecule has 0 aliphatic carbocycles. The van der Waals surface area contributed by atoms with Crippen LogP contribution in [0.3, 0.4) is 0 Å². The molecule has 0 bridgehead atoms. The highest BCUT2D eigenvalue weighted by Gasteiger charge is 2.15. The molecule has 1 unspecified atom stereocenters. The van der Waals surface area contributed by atoms with E-state index in [1.54, 1.807) is 6.08 Å². The Hall–Kier alpha value is -1.84. The molecular formula is C19H23NO2. The van der Waals surface area contributed by atoms with Gasteiger partial charge in [-0.3, -0.25) is 0 Å². The molecule has 1 aliphatic rings. The third kappa shape index (κ3) is 3.49. The van der Waals surface area contributed by atoms with Gasteiger partial charge >= 0.3 is 0 Å². The van der Waals surface area contributed by atoms with Crippen molar-refractivity contribution in [2.24, 2.45) is 0 Å². The van der Waals surface area contributed by atoms with E-state index in [2.05, 4.69) is 48.3 Å². The Kier molecular flexibility index (Phi) is 5.09. The van der Waals surface area contributed by atoms with Crippen LogP contribution in [-0.4, -0.2) is 25.9 Å². The molecule has 3 heteroatoms. The van der Waals surface area contributed by atoms with Gasteiger partial charge in [-0.25, -0.2) is 0 Å². The Bertz CT molecular complexity index is 632. The molecular weight excluding hydrogens is 274 g/mol. The van der Waals surface area contributed by atoms with E-state index in [1.807, 2.05) is 0 Å². The van der Waals surface area contributed by atoms with Gasteiger partial charge in [0.15, 0.2) is 0 Å². The molecule has 1 saturated heterocycles. The predicted octanol–water partition coefficient (Wildman–Crippen LogP) is 3.67. The van der Waals surface area contributed by atoms with Crippen LogP contribution < -0.4 is 10.1 Å². The van der Waals surface area contributed by atoms with Crippen LogP contribution in [0.4, 0.5) is 0 Å². The van der Waals surface area contributed by atoms with Crippen molar-refractivity contribution >= 4 is 10.8 Å². The Morgan fingerprint density at radius 1 is 1.27 bits per heavy atom. The van der Waals surface area contributed by atoms with Crippen LogP contribution in [-0.2, 0) is 11.3 Å². The second-order valence-corrected chi connectivity index (χ2v) is 5.63. The number of benzene rings is 2. The number of rotatable bonds is 7. The lowest BCUT2D eigenvalue weighted by Gasteiger charge is -2.16. The average molecular weight is 297 g/mol. The fourth-order valence-corrected chi connectivity index (χ4v) is 2.95. The number of ether oxygens (including phenoxy) is 2. The van der Waals surface area contributed by atoms with Crippen LogP contribution in [0.5, 0.6) is 5.75 Å². The summed E-state index contributed by atoms with van der Waals surface area (Å²) in [6.45, 7) is 6.83. The lowest BCUT2D eigenvalue weighted by molar-refractivity contribution is 0.110. The minimum atomic E-state index is 0.354. The molecule has 0 saturated carbocycles. The maximum absolute atomic E-state index is 5.83. The van der Waals surface area contributed by atoms with E-state index in [9.17, 15) is 0 Å². The van der Waals surface area contributed by atoms with E-state index >= 15 is 0 Å². The smallest absolute Gasteiger partial charge is 0.124 e. The van der Waals surface area contributed by atoms with E-state index in [0.29, 0.717) is 12.7 Å². The molecule has 0 aromatic heterocycles. The molecule has 1 N–H and O–H groups in total. The molecule has 116 valence electrons. The molecule has 0 amide bonds. The van der Waals surface area contributed by atoms with Crippen molar-refractivity contribution in [1.82, 2.24) is 5.32 Å². The summed E-state index contributed by atoms with van der Waals surface area (Å²) in [5, 5.41) is 6.00. The van der Waals surface area contributed by atoms with Crippen molar-refractivity contribution in [2.75, 3.05) is 19.8 Å². The standard InChI is InChI=1S/C19H23NO2/c1-2-11-22-19-10-9-15-6-3-4-8-17(15)18(19)14-20-13-16-7-5-12-21-16/h2-4,6,8-10,16,20H,1,5,7,11-14H2. The summed E-state index contributed by atoms with van der Waals surface area (Å²) < 4.78 is 11.5. The molecule has 3 nitrogen and oxygen atoms in total. The third-order valence-corrected chi connectivity index (χ3v) is 4.05. The van der Waals surface area contributed by atoms with Crippen LogP contribution in [0.15, 0.2) is 49.1 Å². The lowest BCUT2D eigenvalue weighted by Crippen LogP contribution is -2.26. The summed E-state index contributed by atoms with van der Waals surface area (Å²) in [6, 6.07) is 12.6. The van der Waals surface area contributed by atoms with Crippen LogP contribution in [0.1, 0.15) is 18.4 Å². The van der Waals surface area contributed by atoms with Gasteiger partial charge in [-0.1, -0.05) is 43.0 Å². The summed E-state index contributed by atoms with van der Waals surface area (Å²) in [6.07, 6.45) is 4.46. The Morgan fingerprint density at radius 3 is 3.00 bits per heavy atom. The Labute approximate surface area is 131 Å². The summed E-state index contributed by atoms with van der Waals surface area (Å²) in [5.74, 6) is 0.929. The Balaban J connectivity index is 1.78. The van der Waals surface area contributed by atoms with Crippen molar-refractivity contribution in [3.63, 3.8) is 0 Å². The van der Waals surface area contributed by atoms with Gasteiger partial charge in [0.05, 0.1) is 6.10 Å². The SMILES string of the molecule is C=CCOc1ccc2ccccc2c1CNCC1CCCO1. The van der Waals surface area contributed by atoms with Gasteiger partial charge in [-0.2, -0.15) is 0 Å². The summed E-state index contributed by atoms with van der Waals surface area (Å²) in [7, 11) is 0. The molecule has 22 heavy (non-hydrogen) atoms. The molecule has 1 aliphatic heterocycles. The van der Waals surface area contributed by atoms with E-state index in [-0.39, 0.29) is 0 Å². The van der Waals surface area contributed by atoms with E-state index in [0.717, 1.165) is 31.9 Å². The molecule has 0 spiro atoms. The summed E-state index contributed by atoms with van der Waals surface area (Å²) >= 11 is 0. The molecule has 2 aromatic rings. The summed E-state index contributed by atoms with van der Waals surface area (Å²) in [5.41, 5.74) is 1.21. The fourth-order valence-electron chi connectivity index (χ4n) is 2.95. The first-order valence-electron chi connectivity index (χ1n) is 7.95. The van der Waals surface area contributed by atoms with Crippen molar-refractivity contribution in [3.05, 3.63) is 54.6 Å². The van der Waals surface area contributed by atoms with Gasteiger partial charge in [0.2, 0.25) is 0 Å². The van der Waals surface area contributed by atoms with E-state index < -0.39 is 0 Å². The predicted molar refractivity (Wildman–Crippen MR) is 90.3 cm³/mol. The molecule has 1 heterocycles. The number of fused-ring (bicyclic) bond motifs is 1. The maximum atomic E-state index is 5.83. The fraction of sp³-hybridized carbons (Fsp3) is 0.368. The second kappa shape index (κ2) is 7.43. The number of hydrogen-bond donors (Lipinski definition) is 1. The molecule has 1 atom stereocenters. The van der Waals surface area contributed by atoms with Gasteiger partial charge in [-0.15, -0.1) is 0 Å². The average Bonchev–Trinajstić information content (AvgIpc) is 3.07. The second-order valence-electron chi connectivity index (χ2n) is 5.63. The van der Waals surface area contributed by atoms with Crippen LogP contribution in [0.2, 0.25) is 0 Å². The third-order valence-electron chi connectivity index (χ3n) is 4.05. The zero-order valence-corrected chi connectivity index (χ0v) is 12.9. The topological polar surface area (TPSA) is 30.5 Å². The highest BCUT2D eigenvalue weighted by Crippen LogP contribution is 2.28. The lowest BCUT2D eigenvalue weighted by atomic mass is 10.0. The molecule has 0 radical (unpaired) electrons. The van der Waals surface area contributed by atoms with Crippen LogP contribution in [0, 0.1) is 0 Å². The number of nitrogens with one attached hydrogen (secondary N) is 1. The largest absolute Gasteiger partial charge is 0.489 e. The van der Waals surface area contributed by atoms with Crippen molar-refractivity contribution in [3.8, 4) is 5.75 Å². The van der Waals surface area contributed by atoms with Crippen LogP contribution in [0.25, 0.3) is 10.8 Å². The van der Waals surface area contributed by atoms with Gasteiger partial charge < -0.3 is 14.8 Å². The van der Waals surface area contributed by atoms with Gasteiger partial charge in [0.25, 0.3) is 0 Å². The normalized spacial score (nSPS) is 17.7. The van der Waals surface area contributed by atoms with Crippen molar-refractivity contribution in [1.29, 1.82) is 0 Å². The van der Waals surface area contributed by atoms with E-state index in [4.69, 9.17) is 9.47 Å². The van der Waals surface area contributed by atoms with Crippen molar-refractivity contribution in [2.45, 2.75) is 25.5 Å². The molecule has 1 fully saturated rings. The molecule has 2 aromatic carbocycles. The Morgan fingerprint density at radius 2 is 2.18 bits per heavy atom. The monoisotopic (exact) mass is 297 g/mol. The first kappa shape index (κ1) is 15.1. The quantitative estimate of drug-likeness (QED) is 0.791. The highest BCUT2D eigenvalue weighted by molar-refractivity contribution is 5.87.